The van der Waals surface area contributed by atoms with Gasteiger partial charge >= 0.3 is 13.8 Å². The monoisotopic (exact) mass is 904 g/mol. The van der Waals surface area contributed by atoms with Gasteiger partial charge < -0.3 is 20.1 Å². The third-order valence-corrected chi connectivity index (χ3v) is 11.6. The van der Waals surface area contributed by atoms with Crippen LogP contribution in [0.25, 0.3) is 0 Å². The zero-order valence-corrected chi connectivity index (χ0v) is 41.1. The SMILES string of the molecule is CC/C=C\C/C=C\C/C=C\C/C=C\C/C=C\CCCCCC(=O)NCCOP(=O)(O)OCC(O)COC(=O)CCCCCCCCCCCCCCC/C=C/CCCCCCCC. The molecule has 0 aliphatic rings. The van der Waals surface area contributed by atoms with Crippen molar-refractivity contribution in [2.75, 3.05) is 26.4 Å². The molecule has 0 aromatic rings. The largest absolute Gasteiger partial charge is 0.472 e. The fourth-order valence-electron chi connectivity index (χ4n) is 6.81. The summed E-state index contributed by atoms with van der Waals surface area (Å²) >= 11 is 0. The lowest BCUT2D eigenvalue weighted by molar-refractivity contribution is -0.147. The van der Waals surface area contributed by atoms with Gasteiger partial charge in [0.25, 0.3) is 0 Å². The first kappa shape index (κ1) is 60.5. The molecule has 2 atom stereocenters. The van der Waals surface area contributed by atoms with E-state index in [1.807, 2.05) is 0 Å². The Labute approximate surface area is 386 Å². The first-order valence-electron chi connectivity index (χ1n) is 25.4. The van der Waals surface area contributed by atoms with Crippen LogP contribution in [0.3, 0.4) is 0 Å². The number of hydrogen-bond donors (Lipinski definition) is 3. The molecule has 0 rings (SSSR count). The summed E-state index contributed by atoms with van der Waals surface area (Å²) in [5, 5.41) is 12.7. The van der Waals surface area contributed by atoms with Crippen molar-refractivity contribution in [3.8, 4) is 0 Å². The normalized spacial score (nSPS) is 13.8. The first-order valence-corrected chi connectivity index (χ1v) is 26.9. The summed E-state index contributed by atoms with van der Waals surface area (Å²) in [5.41, 5.74) is 0. The van der Waals surface area contributed by atoms with Gasteiger partial charge in [0.1, 0.15) is 12.7 Å². The fourth-order valence-corrected chi connectivity index (χ4v) is 7.57. The van der Waals surface area contributed by atoms with Crippen molar-refractivity contribution >= 4 is 19.7 Å². The van der Waals surface area contributed by atoms with E-state index in [-0.39, 0.29) is 32.1 Å². The van der Waals surface area contributed by atoms with Gasteiger partial charge in [-0.25, -0.2) is 4.57 Å². The van der Waals surface area contributed by atoms with Crippen LogP contribution >= 0.6 is 7.82 Å². The lowest BCUT2D eigenvalue weighted by Crippen LogP contribution is -2.27. The van der Waals surface area contributed by atoms with Gasteiger partial charge in [0.2, 0.25) is 5.91 Å². The maximum Gasteiger partial charge on any atom is 0.472 e. The highest BCUT2D eigenvalue weighted by Gasteiger charge is 2.23. The van der Waals surface area contributed by atoms with E-state index in [1.54, 1.807) is 0 Å². The zero-order valence-electron chi connectivity index (χ0n) is 40.3. The minimum Gasteiger partial charge on any atom is -0.463 e. The summed E-state index contributed by atoms with van der Waals surface area (Å²) in [4.78, 5) is 34.1. The Bertz CT molecular complexity index is 1260. The molecule has 0 aliphatic carbocycles. The van der Waals surface area contributed by atoms with Gasteiger partial charge in [-0.05, 0) is 83.5 Å². The minimum absolute atomic E-state index is 0.0606. The van der Waals surface area contributed by atoms with E-state index in [0.29, 0.717) is 6.42 Å². The highest BCUT2D eigenvalue weighted by molar-refractivity contribution is 7.47. The number of allylic oxidation sites excluding steroid dienone is 12. The summed E-state index contributed by atoms with van der Waals surface area (Å²) in [7, 11) is -4.44. The molecule has 0 saturated heterocycles. The molecule has 0 fully saturated rings. The molecule has 0 bridgehead atoms. The fraction of sp³-hybridized carbons (Fsp3) is 0.736. The van der Waals surface area contributed by atoms with E-state index in [4.69, 9.17) is 13.8 Å². The number of amides is 1. The lowest BCUT2D eigenvalue weighted by Gasteiger charge is -2.15. The number of aliphatic hydroxyl groups is 1. The molecule has 0 aromatic heterocycles. The molecular weight excluding hydrogens is 810 g/mol. The first-order chi connectivity index (χ1) is 30.8. The molecule has 3 N–H and O–H groups in total. The maximum atomic E-state index is 12.1. The number of phosphoric ester groups is 1. The Morgan fingerprint density at radius 1 is 0.508 bits per heavy atom. The molecule has 0 spiro atoms. The highest BCUT2D eigenvalue weighted by Crippen LogP contribution is 2.42. The van der Waals surface area contributed by atoms with Crippen LogP contribution in [-0.4, -0.2) is 54.3 Å². The van der Waals surface area contributed by atoms with E-state index >= 15 is 0 Å². The van der Waals surface area contributed by atoms with E-state index in [2.05, 4.69) is 92.1 Å². The number of carbonyl (C=O) groups is 2. The highest BCUT2D eigenvalue weighted by atomic mass is 31.2. The lowest BCUT2D eigenvalue weighted by atomic mass is 10.0. The summed E-state index contributed by atoms with van der Waals surface area (Å²) in [6.07, 6.45) is 61.3. The second-order valence-electron chi connectivity index (χ2n) is 16.8. The van der Waals surface area contributed by atoms with Crippen LogP contribution in [0.2, 0.25) is 0 Å². The van der Waals surface area contributed by atoms with Crippen LogP contribution in [0.1, 0.15) is 219 Å². The zero-order chi connectivity index (χ0) is 46.0. The third kappa shape index (κ3) is 50.3. The van der Waals surface area contributed by atoms with E-state index in [1.165, 1.54) is 116 Å². The summed E-state index contributed by atoms with van der Waals surface area (Å²) in [6.45, 7) is 3.41. The van der Waals surface area contributed by atoms with Gasteiger partial charge in [-0.3, -0.25) is 18.6 Å². The van der Waals surface area contributed by atoms with Crippen molar-refractivity contribution in [1.82, 2.24) is 5.32 Å². The predicted octanol–water partition coefficient (Wildman–Crippen LogP) is 15.0. The van der Waals surface area contributed by atoms with Gasteiger partial charge in [0, 0.05) is 19.4 Å². The Hall–Kier alpha value is -2.55. The van der Waals surface area contributed by atoms with Crippen molar-refractivity contribution < 1.29 is 37.9 Å². The number of aliphatic hydroxyl groups excluding tert-OH is 1. The molecule has 9 nitrogen and oxygen atoms in total. The molecule has 0 aromatic carbocycles. The van der Waals surface area contributed by atoms with Crippen LogP contribution in [0.5, 0.6) is 0 Å². The van der Waals surface area contributed by atoms with Crippen LogP contribution < -0.4 is 5.32 Å². The van der Waals surface area contributed by atoms with Crippen molar-refractivity contribution in [2.45, 2.75) is 225 Å². The molecule has 0 aliphatic heterocycles. The molecule has 1 amide bonds. The molecule has 0 saturated carbocycles. The molecule has 2 unspecified atom stereocenters. The number of ether oxygens (including phenoxy) is 1. The minimum atomic E-state index is -4.44. The molecule has 0 radical (unpaired) electrons. The Balaban J connectivity index is 3.60. The number of phosphoric acid groups is 1. The molecule has 364 valence electrons. The van der Waals surface area contributed by atoms with Crippen molar-refractivity contribution in [3.63, 3.8) is 0 Å². The average Bonchev–Trinajstić information content (AvgIpc) is 3.27. The number of esters is 1. The number of hydrogen-bond acceptors (Lipinski definition) is 7. The van der Waals surface area contributed by atoms with Gasteiger partial charge in [-0.1, -0.05) is 196 Å². The second-order valence-corrected chi connectivity index (χ2v) is 18.2. The molecule has 10 heteroatoms. The van der Waals surface area contributed by atoms with Crippen molar-refractivity contribution in [2.24, 2.45) is 0 Å². The predicted molar refractivity (Wildman–Crippen MR) is 266 cm³/mol. The topological polar surface area (TPSA) is 131 Å². The van der Waals surface area contributed by atoms with Gasteiger partial charge in [0.15, 0.2) is 0 Å². The standard InChI is InChI=1S/C53H94NO8P/c1-3-5-7-9-11-13-15-17-19-21-23-24-25-26-28-30-32-34-36-38-40-42-44-46-53(57)60-49-51(55)50-62-63(58,59)61-48-47-54-52(56)45-43-41-39-37-35-33-31-29-27-22-20-18-16-14-12-10-8-6-4-2/h6,8,12,14,17-20,27,29,33,35,51,55H,3-5,7,9-11,13,15-16,21-26,28,30-32,34,36-50H2,1-2H3,(H,54,56)(H,58,59)/b8-6-,14-12-,19-17+,20-18-,29-27-,35-33-. The third-order valence-electron chi connectivity index (χ3n) is 10.6. The van der Waals surface area contributed by atoms with Crippen LogP contribution in [0, 0.1) is 0 Å². The quantitative estimate of drug-likeness (QED) is 0.0238. The Kier molecular flexibility index (Phi) is 46.9. The second kappa shape index (κ2) is 48.9. The number of nitrogens with one attached hydrogen (secondary N) is 1. The maximum absolute atomic E-state index is 12.1. The summed E-state index contributed by atoms with van der Waals surface area (Å²) < 4.78 is 27.0. The van der Waals surface area contributed by atoms with Crippen molar-refractivity contribution in [1.29, 1.82) is 0 Å². The number of unbranched alkanes of at least 4 members (excludes halogenated alkanes) is 22. The molecular formula is C53H94NO8P. The Morgan fingerprint density at radius 2 is 0.905 bits per heavy atom. The summed E-state index contributed by atoms with van der Waals surface area (Å²) in [5.74, 6) is -0.549. The van der Waals surface area contributed by atoms with Gasteiger partial charge in [-0.2, -0.15) is 0 Å². The van der Waals surface area contributed by atoms with Crippen LogP contribution in [0.15, 0.2) is 72.9 Å². The summed E-state index contributed by atoms with van der Waals surface area (Å²) in [6, 6.07) is 0. The van der Waals surface area contributed by atoms with Crippen LogP contribution in [-0.2, 0) is 27.9 Å². The smallest absolute Gasteiger partial charge is 0.463 e. The average molecular weight is 904 g/mol. The number of rotatable bonds is 47. The van der Waals surface area contributed by atoms with Gasteiger partial charge in [-0.15, -0.1) is 0 Å². The van der Waals surface area contributed by atoms with E-state index in [0.717, 1.165) is 77.0 Å². The Morgan fingerprint density at radius 3 is 1.40 bits per heavy atom. The van der Waals surface area contributed by atoms with E-state index in [9.17, 15) is 24.2 Å². The number of carbonyl (C=O) groups excluding carboxylic acids is 2. The van der Waals surface area contributed by atoms with Crippen LogP contribution in [0.4, 0.5) is 0 Å². The molecule has 63 heavy (non-hydrogen) atoms. The van der Waals surface area contributed by atoms with E-state index < -0.39 is 26.5 Å². The van der Waals surface area contributed by atoms with Gasteiger partial charge in [0.05, 0.1) is 13.2 Å². The van der Waals surface area contributed by atoms with Crippen molar-refractivity contribution in [3.05, 3.63) is 72.9 Å². The molecule has 0 heterocycles.